The summed E-state index contributed by atoms with van der Waals surface area (Å²) >= 11 is 0. The molecule has 15 heavy (non-hydrogen) atoms. The molecule has 74 valence electrons. The minimum Gasteiger partial charge on any atom is -0.367 e. The molecule has 1 saturated carbocycles. The maximum Gasteiger partial charge on any atom is 0.127 e. The topological polar surface area (TPSA) is 68.3 Å². The molecule has 4 nitrogen and oxygen atoms in total. The van der Waals surface area contributed by atoms with E-state index in [1.165, 1.54) is 0 Å². The number of nitrogens with one attached hydrogen (secondary N) is 2. The second-order valence-corrected chi connectivity index (χ2v) is 3.94. The molecule has 0 aromatic carbocycles. The first-order valence-electron chi connectivity index (χ1n) is 4.94. The Bertz CT molecular complexity index is 511. The lowest BCUT2D eigenvalue weighted by molar-refractivity contribution is 0.822. The van der Waals surface area contributed by atoms with Crippen molar-refractivity contribution in [3.63, 3.8) is 0 Å². The van der Waals surface area contributed by atoms with Crippen LogP contribution < -0.4 is 0 Å². The lowest BCUT2D eigenvalue weighted by Gasteiger charge is -1.98. The minimum atomic E-state index is -0.325. The zero-order valence-electron chi connectivity index (χ0n) is 8.12. The van der Waals surface area contributed by atoms with Crippen molar-refractivity contribution >= 4 is 0 Å². The van der Waals surface area contributed by atoms with E-state index in [4.69, 9.17) is 5.26 Å². The highest BCUT2D eigenvalue weighted by atomic mass is 15.0. The highest BCUT2D eigenvalue weighted by Gasteiger charge is 2.47. The van der Waals surface area contributed by atoms with Gasteiger partial charge in [0, 0.05) is 18.0 Å². The summed E-state index contributed by atoms with van der Waals surface area (Å²) in [6, 6.07) is 4.30. The van der Waals surface area contributed by atoms with E-state index in [-0.39, 0.29) is 5.41 Å². The van der Waals surface area contributed by atoms with Gasteiger partial charge in [0.15, 0.2) is 0 Å². The normalized spacial score (nSPS) is 17.3. The molecular weight excluding hydrogens is 188 g/mol. The molecule has 2 aromatic heterocycles. The molecule has 0 atom stereocenters. The fourth-order valence-electron chi connectivity index (χ4n) is 1.73. The summed E-state index contributed by atoms with van der Waals surface area (Å²) in [5, 5.41) is 9.03. The third kappa shape index (κ3) is 1.17. The lowest BCUT2D eigenvalue weighted by Crippen LogP contribution is -2.04. The molecule has 1 aliphatic carbocycles. The van der Waals surface area contributed by atoms with Crippen LogP contribution in [0.3, 0.4) is 0 Å². The summed E-state index contributed by atoms with van der Waals surface area (Å²) < 4.78 is 0. The van der Waals surface area contributed by atoms with Crippen molar-refractivity contribution < 1.29 is 0 Å². The number of imidazole rings is 1. The average molecular weight is 198 g/mol. The van der Waals surface area contributed by atoms with Gasteiger partial charge in [-0.15, -0.1) is 0 Å². The number of rotatable bonds is 2. The molecule has 0 bridgehead atoms. The first kappa shape index (κ1) is 8.30. The molecule has 0 amide bonds. The summed E-state index contributed by atoms with van der Waals surface area (Å²) in [6.45, 7) is 0. The van der Waals surface area contributed by atoms with E-state index in [1.54, 1.807) is 6.20 Å². The van der Waals surface area contributed by atoms with Crippen LogP contribution in [0.1, 0.15) is 18.7 Å². The van der Waals surface area contributed by atoms with Gasteiger partial charge in [-0.25, -0.2) is 4.98 Å². The number of H-pyrrole nitrogens is 2. The van der Waals surface area contributed by atoms with Crippen LogP contribution >= 0.6 is 0 Å². The van der Waals surface area contributed by atoms with Gasteiger partial charge in [-0.2, -0.15) is 5.26 Å². The van der Waals surface area contributed by atoms with Crippen LogP contribution in [0, 0.1) is 11.3 Å². The van der Waals surface area contributed by atoms with E-state index in [9.17, 15) is 0 Å². The molecule has 1 aliphatic rings. The maximum absolute atomic E-state index is 9.03. The molecule has 1 fully saturated rings. The standard InChI is InChI=1S/C11H10N4/c12-7-11(2-3-11)10-14-6-9(15-10)8-1-4-13-5-8/h1,4-6,13H,2-3H2,(H,14,15). The first-order chi connectivity index (χ1) is 7.34. The summed E-state index contributed by atoms with van der Waals surface area (Å²) in [6.07, 6.45) is 7.40. The van der Waals surface area contributed by atoms with Gasteiger partial charge in [-0.3, -0.25) is 0 Å². The molecule has 0 aliphatic heterocycles. The second kappa shape index (κ2) is 2.74. The van der Waals surface area contributed by atoms with E-state index in [1.807, 2.05) is 18.5 Å². The number of nitriles is 1. The molecule has 0 spiro atoms. The molecular formula is C11H10N4. The predicted molar refractivity (Wildman–Crippen MR) is 54.9 cm³/mol. The van der Waals surface area contributed by atoms with E-state index < -0.39 is 0 Å². The van der Waals surface area contributed by atoms with E-state index in [0.717, 1.165) is 29.9 Å². The number of nitrogens with zero attached hydrogens (tertiary/aromatic N) is 2. The van der Waals surface area contributed by atoms with Crippen LogP contribution in [-0.4, -0.2) is 15.0 Å². The summed E-state index contributed by atoms with van der Waals surface area (Å²) in [5.41, 5.74) is 1.71. The highest BCUT2D eigenvalue weighted by Crippen LogP contribution is 2.46. The van der Waals surface area contributed by atoms with E-state index >= 15 is 0 Å². The number of aromatic amines is 2. The Balaban J connectivity index is 1.99. The molecule has 2 heterocycles. The van der Waals surface area contributed by atoms with Crippen LogP contribution in [0.5, 0.6) is 0 Å². The van der Waals surface area contributed by atoms with Crippen molar-refractivity contribution in [1.29, 1.82) is 5.26 Å². The van der Waals surface area contributed by atoms with Crippen molar-refractivity contribution in [2.75, 3.05) is 0 Å². The maximum atomic E-state index is 9.03. The Labute approximate surface area is 87.0 Å². The quantitative estimate of drug-likeness (QED) is 0.774. The first-order valence-corrected chi connectivity index (χ1v) is 4.94. The van der Waals surface area contributed by atoms with Crippen LogP contribution in [0.4, 0.5) is 0 Å². The Morgan fingerprint density at radius 1 is 1.47 bits per heavy atom. The van der Waals surface area contributed by atoms with Gasteiger partial charge in [0.05, 0.1) is 18.0 Å². The molecule has 4 heteroatoms. The van der Waals surface area contributed by atoms with Gasteiger partial charge in [0.25, 0.3) is 0 Å². The second-order valence-electron chi connectivity index (χ2n) is 3.94. The molecule has 0 radical (unpaired) electrons. The third-order valence-corrected chi connectivity index (χ3v) is 2.90. The van der Waals surface area contributed by atoms with Crippen molar-refractivity contribution in [1.82, 2.24) is 15.0 Å². The Morgan fingerprint density at radius 3 is 2.93 bits per heavy atom. The molecule has 0 unspecified atom stereocenters. The van der Waals surface area contributed by atoms with Gasteiger partial charge in [-0.05, 0) is 18.9 Å². The molecule has 2 aromatic rings. The lowest BCUT2D eigenvalue weighted by atomic mass is 10.1. The van der Waals surface area contributed by atoms with Crippen molar-refractivity contribution in [2.45, 2.75) is 18.3 Å². The zero-order chi connectivity index (χ0) is 10.3. The summed E-state index contributed by atoms with van der Waals surface area (Å²) in [4.78, 5) is 10.5. The number of aromatic nitrogens is 3. The fourth-order valence-corrected chi connectivity index (χ4v) is 1.73. The van der Waals surface area contributed by atoms with Crippen molar-refractivity contribution in [3.8, 4) is 17.3 Å². The Morgan fingerprint density at radius 2 is 2.33 bits per heavy atom. The van der Waals surface area contributed by atoms with Crippen molar-refractivity contribution in [3.05, 3.63) is 30.5 Å². The smallest absolute Gasteiger partial charge is 0.127 e. The van der Waals surface area contributed by atoms with Crippen LogP contribution in [-0.2, 0) is 5.41 Å². The summed E-state index contributed by atoms with van der Waals surface area (Å²) in [5.74, 6) is 0.807. The molecule has 0 saturated heterocycles. The zero-order valence-corrected chi connectivity index (χ0v) is 8.12. The third-order valence-electron chi connectivity index (χ3n) is 2.90. The number of hydrogen-bond donors (Lipinski definition) is 2. The Hall–Kier alpha value is -2.02. The van der Waals surface area contributed by atoms with Gasteiger partial charge < -0.3 is 9.97 Å². The molecule has 2 N–H and O–H groups in total. The Kier molecular flexibility index (Phi) is 1.51. The average Bonchev–Trinajstić information content (AvgIpc) is 2.74. The van der Waals surface area contributed by atoms with Gasteiger partial charge in [-0.1, -0.05) is 0 Å². The van der Waals surface area contributed by atoms with Crippen LogP contribution in [0.15, 0.2) is 24.7 Å². The van der Waals surface area contributed by atoms with Crippen LogP contribution in [0.2, 0.25) is 0 Å². The summed E-state index contributed by atoms with van der Waals surface area (Å²) in [7, 11) is 0. The van der Waals surface area contributed by atoms with E-state index in [0.29, 0.717) is 0 Å². The monoisotopic (exact) mass is 198 g/mol. The minimum absolute atomic E-state index is 0.325. The van der Waals surface area contributed by atoms with Gasteiger partial charge >= 0.3 is 0 Å². The van der Waals surface area contributed by atoms with Gasteiger partial charge in [0.2, 0.25) is 0 Å². The highest BCUT2D eigenvalue weighted by molar-refractivity contribution is 5.57. The largest absolute Gasteiger partial charge is 0.367 e. The number of hydrogen-bond acceptors (Lipinski definition) is 2. The SMILES string of the molecule is N#CC1(c2ncc(-c3cc[nH]c3)[nH]2)CC1. The molecule has 3 rings (SSSR count). The van der Waals surface area contributed by atoms with Crippen molar-refractivity contribution in [2.24, 2.45) is 0 Å². The van der Waals surface area contributed by atoms with Crippen LogP contribution in [0.25, 0.3) is 11.3 Å². The van der Waals surface area contributed by atoms with E-state index in [2.05, 4.69) is 21.0 Å². The fraction of sp³-hybridized carbons (Fsp3) is 0.273. The predicted octanol–water partition coefficient (Wildman–Crippen LogP) is 1.96. The van der Waals surface area contributed by atoms with Gasteiger partial charge in [0.1, 0.15) is 11.2 Å².